The summed E-state index contributed by atoms with van der Waals surface area (Å²) in [6, 6.07) is 42.0. The summed E-state index contributed by atoms with van der Waals surface area (Å²) in [5.41, 5.74) is 15.9. The lowest BCUT2D eigenvalue weighted by molar-refractivity contribution is 0.0903. The van der Waals surface area contributed by atoms with Crippen LogP contribution in [0.4, 0.5) is 11.4 Å². The van der Waals surface area contributed by atoms with Crippen LogP contribution >= 0.6 is 23.2 Å². The molecule has 105 heavy (non-hydrogen) atoms. The van der Waals surface area contributed by atoms with E-state index in [2.05, 4.69) is 111 Å². The summed E-state index contributed by atoms with van der Waals surface area (Å²) in [7, 11) is 0. The molecule has 10 aromatic rings. The van der Waals surface area contributed by atoms with Crippen molar-refractivity contribution in [1.82, 2.24) is 61.0 Å². The molecule has 0 bridgehead atoms. The maximum absolute atomic E-state index is 13.6. The monoisotopic (exact) mass is 1450 g/mol. The number of carbonyl (C=O) groups is 5. The van der Waals surface area contributed by atoms with Gasteiger partial charge in [0.1, 0.15) is 6.29 Å². The van der Waals surface area contributed by atoms with E-state index in [1.54, 1.807) is 72.8 Å². The highest BCUT2D eigenvalue weighted by Crippen LogP contribution is 2.36. The first-order chi connectivity index (χ1) is 51.1. The van der Waals surface area contributed by atoms with Crippen LogP contribution in [-0.4, -0.2) is 128 Å². The van der Waals surface area contributed by atoms with Crippen LogP contribution in [0.15, 0.2) is 146 Å². The van der Waals surface area contributed by atoms with Crippen molar-refractivity contribution in [1.29, 1.82) is 0 Å². The Labute approximate surface area is 622 Å². The van der Waals surface area contributed by atoms with E-state index in [0.717, 1.165) is 141 Å². The fourth-order valence-corrected chi connectivity index (χ4v) is 14.6. The summed E-state index contributed by atoms with van der Waals surface area (Å²) < 4.78 is 15.0. The molecule has 0 saturated carbocycles. The van der Waals surface area contributed by atoms with Crippen molar-refractivity contribution < 1.29 is 33.4 Å². The van der Waals surface area contributed by atoms with E-state index in [-0.39, 0.29) is 55.3 Å². The lowest BCUT2D eigenvalue weighted by atomic mass is 10.00. The lowest BCUT2D eigenvalue weighted by Crippen LogP contribution is -2.53. The molecule has 13 rings (SSSR count). The molecule has 546 valence electrons. The number of hydrogen-bond donors (Lipinski definition) is 7. The number of nitrogens with zero attached hydrogens (tertiary/aromatic N) is 7. The van der Waals surface area contributed by atoms with E-state index in [9.17, 15) is 24.0 Å². The normalized spacial score (nSPS) is 15.7. The van der Waals surface area contributed by atoms with Gasteiger partial charge in [0.2, 0.25) is 0 Å². The fourth-order valence-electron chi connectivity index (χ4n) is 14.2. The molecule has 0 unspecified atom stereocenters. The van der Waals surface area contributed by atoms with Gasteiger partial charge in [0.15, 0.2) is 11.3 Å². The number of fused-ring (bicyclic) bond motifs is 2. The summed E-state index contributed by atoms with van der Waals surface area (Å²) in [6.45, 7) is 20.9. The number of amides is 4. The zero-order valence-electron chi connectivity index (χ0n) is 60.4. The largest absolute Gasteiger partial charge is 0.381 e. The van der Waals surface area contributed by atoms with Crippen LogP contribution in [-0.2, 0) is 68.1 Å². The molecular weight excluding hydrogens is 1360 g/mol. The summed E-state index contributed by atoms with van der Waals surface area (Å²) in [5.74, 6) is -1.14. The minimum absolute atomic E-state index is 0.242. The molecule has 7 heterocycles. The second kappa shape index (κ2) is 35.3. The molecule has 2 atom stereocenters. The van der Waals surface area contributed by atoms with Gasteiger partial charge in [0.25, 0.3) is 23.6 Å². The van der Waals surface area contributed by atoms with Gasteiger partial charge in [-0.05, 0) is 167 Å². The molecule has 0 spiro atoms. The van der Waals surface area contributed by atoms with E-state index >= 15 is 0 Å². The van der Waals surface area contributed by atoms with E-state index in [0.29, 0.717) is 109 Å². The summed E-state index contributed by atoms with van der Waals surface area (Å²) in [6.07, 6.45) is 9.47. The van der Waals surface area contributed by atoms with Crippen LogP contribution in [0.2, 0.25) is 10.0 Å². The van der Waals surface area contributed by atoms with Gasteiger partial charge in [-0.1, -0.05) is 97.7 Å². The summed E-state index contributed by atoms with van der Waals surface area (Å²) in [5, 5.41) is 35.5. The Balaban J connectivity index is 0.000000199. The molecule has 6 aromatic carbocycles. The van der Waals surface area contributed by atoms with E-state index < -0.39 is 0 Å². The van der Waals surface area contributed by atoms with Crippen LogP contribution in [0.1, 0.15) is 158 Å². The van der Waals surface area contributed by atoms with Gasteiger partial charge < -0.3 is 46.7 Å². The Morgan fingerprint density at radius 2 is 0.933 bits per heavy atom. The summed E-state index contributed by atoms with van der Waals surface area (Å²) >= 11 is 13.2. The predicted octanol–water partition coefficient (Wildman–Crippen LogP) is 13.6. The zero-order chi connectivity index (χ0) is 73.5. The maximum Gasteiger partial charge on any atom is 0.251 e. The third kappa shape index (κ3) is 18.4. The van der Waals surface area contributed by atoms with E-state index in [1.807, 2.05) is 65.1 Å². The fraction of sp³-hybridized carbons (Fsp3) is 0.354. The maximum atomic E-state index is 13.6. The SMILES string of the molecule is CCc1nc2c(cnn2CC)c(NC2CCOCC2)c1CNC(=O)c1cccc(C(=O)NCc2ccc(Cl)c(-c3cccc(C=O)c3)c2)c1.CCc1nc2c(cnn2CC)c(NC2CCOCC2)c1CNC(=O)c1cccc(C(=O)NCc2ccc(Cl)c(-c3cccc(CN4C[C@@H](C)N[C@@H](C)C4)c3)c2)c1. The number of benzene rings is 6. The third-order valence-electron chi connectivity index (χ3n) is 19.6. The predicted molar refractivity (Wildman–Crippen MR) is 414 cm³/mol. The molecular formula is C82H92Cl2N14O7. The van der Waals surface area contributed by atoms with Crippen LogP contribution in [0.3, 0.4) is 0 Å². The third-order valence-corrected chi connectivity index (χ3v) is 20.2. The number of anilines is 2. The van der Waals surface area contributed by atoms with Crippen LogP contribution in [0.5, 0.6) is 0 Å². The van der Waals surface area contributed by atoms with E-state index in [1.165, 1.54) is 5.56 Å². The number of aldehydes is 1. The molecule has 4 aromatic heterocycles. The quantitative estimate of drug-likeness (QED) is 0.0263. The Morgan fingerprint density at radius 3 is 1.36 bits per heavy atom. The van der Waals surface area contributed by atoms with Crippen LogP contribution in [0.25, 0.3) is 44.3 Å². The Bertz CT molecular complexity index is 4770. The first-order valence-electron chi connectivity index (χ1n) is 36.5. The second-order valence-corrected chi connectivity index (χ2v) is 27.9. The van der Waals surface area contributed by atoms with Gasteiger partial charge in [-0.3, -0.25) is 28.9 Å². The van der Waals surface area contributed by atoms with Gasteiger partial charge >= 0.3 is 0 Å². The zero-order valence-corrected chi connectivity index (χ0v) is 61.9. The van der Waals surface area contributed by atoms with Crippen LogP contribution < -0.4 is 37.2 Å². The van der Waals surface area contributed by atoms with Crippen molar-refractivity contribution in [2.45, 2.75) is 150 Å². The Hall–Kier alpha value is -9.87. The van der Waals surface area contributed by atoms with Gasteiger partial charge in [0, 0.05) is 181 Å². The van der Waals surface area contributed by atoms with E-state index in [4.69, 9.17) is 42.6 Å². The van der Waals surface area contributed by atoms with Gasteiger partial charge in [-0.2, -0.15) is 10.2 Å². The smallest absolute Gasteiger partial charge is 0.251 e. The highest BCUT2D eigenvalue weighted by molar-refractivity contribution is 6.33. The number of pyridine rings is 2. The van der Waals surface area contributed by atoms with Crippen molar-refractivity contribution in [2.24, 2.45) is 0 Å². The molecule has 3 aliphatic heterocycles. The average Bonchev–Trinajstić information content (AvgIpc) is 1.69. The number of aromatic nitrogens is 6. The number of ether oxygens (including phenoxy) is 2. The number of halogens is 2. The highest BCUT2D eigenvalue weighted by Gasteiger charge is 2.27. The molecule has 4 amide bonds. The van der Waals surface area contributed by atoms with Crippen LogP contribution in [0, 0.1) is 0 Å². The van der Waals surface area contributed by atoms with Crippen molar-refractivity contribution in [3.63, 3.8) is 0 Å². The van der Waals surface area contributed by atoms with Gasteiger partial charge in [0.05, 0.1) is 34.5 Å². The molecule has 23 heteroatoms. The number of piperazine rings is 1. The molecule has 7 N–H and O–H groups in total. The van der Waals surface area contributed by atoms with Gasteiger partial charge in [-0.25, -0.2) is 19.3 Å². The van der Waals surface area contributed by atoms with Crippen molar-refractivity contribution >= 4 is 86.6 Å². The molecule has 3 saturated heterocycles. The molecule has 0 radical (unpaired) electrons. The number of carbonyl (C=O) groups excluding carboxylic acids is 5. The summed E-state index contributed by atoms with van der Waals surface area (Å²) in [4.78, 5) is 77.4. The first-order valence-corrected chi connectivity index (χ1v) is 37.3. The van der Waals surface area contributed by atoms with Gasteiger partial charge in [-0.15, -0.1) is 0 Å². The highest BCUT2D eigenvalue weighted by atomic mass is 35.5. The lowest BCUT2D eigenvalue weighted by Gasteiger charge is -2.36. The number of aryl methyl sites for hydroxylation is 4. The number of nitrogens with one attached hydrogen (secondary N) is 7. The topological polar surface area (TPSA) is 253 Å². The van der Waals surface area contributed by atoms with Crippen molar-refractivity contribution in [3.05, 3.63) is 223 Å². The second-order valence-electron chi connectivity index (χ2n) is 27.1. The minimum atomic E-state index is -0.312. The van der Waals surface area contributed by atoms with Crippen molar-refractivity contribution in [2.75, 3.05) is 50.2 Å². The first kappa shape index (κ1) is 74.8. The Morgan fingerprint density at radius 1 is 0.514 bits per heavy atom. The number of rotatable bonds is 25. The molecule has 0 aliphatic carbocycles. The van der Waals surface area contributed by atoms with Crippen molar-refractivity contribution in [3.8, 4) is 22.3 Å². The standard InChI is InChI=1S/C44H53ClN8O3.C38H39ClN6O4/c1-5-40-37(41(50-35-15-17-56-18-16-35)38-24-48-53(6-2)42(38)51-40)23-47-44(55)34-12-8-11-33(21-34)43(54)46-22-30-13-14-39(45)36(20-30)32-10-7-9-31(19-32)27-52-25-28(3)49-29(4)26-52;1-3-34-31(35(43-29-13-15-49-16-14-29)32-22-42-45(4-2)36(32)44-34)21-41-38(48)28-10-6-9-27(19-28)37(47)40-20-24-11-12-33(39)30(18-24)26-8-5-7-25(17-26)23-46/h7-14,19-21,24,28-29,35,49H,5-6,15-18,22-23,25-27H2,1-4H3,(H,46,54)(H,47,55)(H,50,51);5-12,17-19,22-23,29H,3-4,13-16,20-21H2,1-2H3,(H,40,47)(H,41,48)(H,43,44)/t28-,29+;. The molecule has 21 nitrogen and oxygen atoms in total. The molecule has 3 aliphatic rings. The average molecular weight is 1460 g/mol. The molecule has 3 fully saturated rings. The number of hydrogen-bond acceptors (Lipinski definition) is 15. The Kier molecular flexibility index (Phi) is 25.1. The minimum Gasteiger partial charge on any atom is -0.381 e.